The van der Waals surface area contributed by atoms with E-state index in [-0.39, 0.29) is 0 Å². The summed E-state index contributed by atoms with van der Waals surface area (Å²) in [5.41, 5.74) is 0. The van der Waals surface area contributed by atoms with Crippen molar-refractivity contribution in [2.45, 2.75) is 66.7 Å². The summed E-state index contributed by atoms with van der Waals surface area (Å²) in [6.45, 7) is 13.7. The number of unbranched alkanes of at least 4 members (excludes halogenated alkanes) is 4. The highest BCUT2D eigenvalue weighted by atomic mass is 15.4. The summed E-state index contributed by atoms with van der Waals surface area (Å²) >= 11 is 0. The van der Waals surface area contributed by atoms with Crippen molar-refractivity contribution in [3.63, 3.8) is 0 Å². The van der Waals surface area contributed by atoms with Gasteiger partial charge in [0.05, 0.1) is 0 Å². The molecule has 19 heavy (non-hydrogen) atoms. The summed E-state index contributed by atoms with van der Waals surface area (Å²) < 4.78 is 0. The van der Waals surface area contributed by atoms with Crippen LogP contribution in [0.3, 0.4) is 0 Å². The molecule has 0 saturated carbocycles. The molecule has 0 aromatic carbocycles. The van der Waals surface area contributed by atoms with Gasteiger partial charge in [-0.3, -0.25) is 4.99 Å². The number of rotatable bonds is 6. The second-order valence-corrected chi connectivity index (χ2v) is 4.35. The number of hydrogen-bond acceptors (Lipinski definition) is 1. The quantitative estimate of drug-likeness (QED) is 0.673. The molecule has 1 aliphatic rings. The Kier molecular flexibility index (Phi) is 16.6. The minimum Gasteiger partial charge on any atom is -0.344 e. The van der Waals surface area contributed by atoms with E-state index in [0.29, 0.717) is 0 Å². The van der Waals surface area contributed by atoms with Crippen LogP contribution in [-0.4, -0.2) is 49.5 Å². The monoisotopic (exact) mass is 271 g/mol. The van der Waals surface area contributed by atoms with E-state index in [1.54, 1.807) is 0 Å². The van der Waals surface area contributed by atoms with Gasteiger partial charge in [-0.1, -0.05) is 60.3 Å². The Hall–Kier alpha value is -0.730. The summed E-state index contributed by atoms with van der Waals surface area (Å²) in [7, 11) is 4.01. The minimum absolute atomic E-state index is 1.13. The maximum atomic E-state index is 4.33. The van der Waals surface area contributed by atoms with Gasteiger partial charge in [0, 0.05) is 33.7 Å². The molecule has 0 aromatic rings. The summed E-state index contributed by atoms with van der Waals surface area (Å²) in [4.78, 5) is 8.98. The summed E-state index contributed by atoms with van der Waals surface area (Å²) in [5, 5.41) is 0. The van der Waals surface area contributed by atoms with Crippen molar-refractivity contribution in [2.24, 2.45) is 4.99 Å². The lowest BCUT2D eigenvalue weighted by molar-refractivity contribution is 0.435. The SMILES string of the molecule is CC.CC.CCCCCCCN1CCN(C)C1=NC. The van der Waals surface area contributed by atoms with E-state index in [4.69, 9.17) is 0 Å². The number of aliphatic imine (C=N–C) groups is 1. The second kappa shape index (κ2) is 15.3. The highest BCUT2D eigenvalue weighted by Gasteiger charge is 2.21. The van der Waals surface area contributed by atoms with Crippen LogP contribution in [0.4, 0.5) is 0 Å². The molecule has 0 spiro atoms. The highest BCUT2D eigenvalue weighted by molar-refractivity contribution is 5.81. The van der Waals surface area contributed by atoms with Crippen molar-refractivity contribution in [1.82, 2.24) is 9.80 Å². The van der Waals surface area contributed by atoms with Crippen LogP contribution in [0.25, 0.3) is 0 Å². The molecule has 3 heteroatoms. The van der Waals surface area contributed by atoms with Gasteiger partial charge in [0.25, 0.3) is 0 Å². The van der Waals surface area contributed by atoms with E-state index in [1.165, 1.54) is 44.6 Å². The molecule has 0 aliphatic carbocycles. The Morgan fingerprint density at radius 2 is 1.53 bits per heavy atom. The van der Waals surface area contributed by atoms with Crippen molar-refractivity contribution in [1.29, 1.82) is 0 Å². The molecule has 0 unspecified atom stereocenters. The summed E-state index contributed by atoms with van der Waals surface area (Å²) in [6, 6.07) is 0. The molecule has 116 valence electrons. The molecule has 0 atom stereocenters. The Morgan fingerprint density at radius 1 is 0.947 bits per heavy atom. The molecule has 0 radical (unpaired) electrons. The molecule has 0 N–H and O–H groups in total. The molecule has 0 aromatic heterocycles. The van der Waals surface area contributed by atoms with E-state index >= 15 is 0 Å². The molecule has 1 aliphatic heterocycles. The summed E-state index contributed by atoms with van der Waals surface area (Å²) in [5.74, 6) is 1.17. The van der Waals surface area contributed by atoms with Crippen molar-refractivity contribution >= 4 is 5.96 Å². The highest BCUT2D eigenvalue weighted by Crippen LogP contribution is 2.09. The van der Waals surface area contributed by atoms with Crippen LogP contribution < -0.4 is 0 Å². The molecular weight excluding hydrogens is 234 g/mol. The first-order valence-corrected chi connectivity index (χ1v) is 8.22. The number of nitrogens with zero attached hydrogens (tertiary/aromatic N) is 3. The maximum absolute atomic E-state index is 4.33. The molecule has 0 amide bonds. The third-order valence-electron chi connectivity index (χ3n) is 3.06. The molecule has 0 bridgehead atoms. The topological polar surface area (TPSA) is 18.8 Å². The van der Waals surface area contributed by atoms with E-state index in [1.807, 2.05) is 34.7 Å². The van der Waals surface area contributed by atoms with Gasteiger partial charge in [0.15, 0.2) is 5.96 Å². The lowest BCUT2D eigenvalue weighted by Crippen LogP contribution is -2.32. The molecule has 1 saturated heterocycles. The molecular formula is C16H37N3. The fourth-order valence-electron chi connectivity index (χ4n) is 2.14. The van der Waals surface area contributed by atoms with Gasteiger partial charge in [-0.15, -0.1) is 0 Å². The van der Waals surface area contributed by atoms with Gasteiger partial charge >= 0.3 is 0 Å². The Bertz CT molecular complexity index is 202. The van der Waals surface area contributed by atoms with E-state index in [9.17, 15) is 0 Å². The average Bonchev–Trinajstić information content (AvgIpc) is 2.83. The van der Waals surface area contributed by atoms with Crippen molar-refractivity contribution in [2.75, 3.05) is 33.7 Å². The van der Waals surface area contributed by atoms with E-state index in [0.717, 1.165) is 13.1 Å². The Labute approximate surface area is 122 Å². The number of guanidine groups is 1. The largest absolute Gasteiger partial charge is 0.344 e. The maximum Gasteiger partial charge on any atom is 0.196 e. The van der Waals surface area contributed by atoms with Gasteiger partial charge < -0.3 is 9.80 Å². The third kappa shape index (κ3) is 8.90. The number of likely N-dealkylation sites (N-methyl/N-ethyl adjacent to an activating group) is 1. The van der Waals surface area contributed by atoms with Crippen LogP contribution in [0, 0.1) is 0 Å². The number of hydrogen-bond donors (Lipinski definition) is 0. The van der Waals surface area contributed by atoms with E-state index < -0.39 is 0 Å². The van der Waals surface area contributed by atoms with Crippen LogP contribution >= 0.6 is 0 Å². The van der Waals surface area contributed by atoms with Crippen molar-refractivity contribution in [3.05, 3.63) is 0 Å². The molecule has 1 fully saturated rings. The fourth-order valence-corrected chi connectivity index (χ4v) is 2.14. The van der Waals surface area contributed by atoms with Gasteiger partial charge in [-0.2, -0.15) is 0 Å². The standard InChI is InChI=1S/C12H25N3.2C2H6/c1-4-5-6-7-8-9-15-11-10-14(3)12(15)13-2;2*1-2/h4-11H2,1-3H3;2*1-2H3. The van der Waals surface area contributed by atoms with Crippen LogP contribution in [0.2, 0.25) is 0 Å². The fraction of sp³-hybridized carbons (Fsp3) is 0.938. The molecule has 1 heterocycles. The minimum atomic E-state index is 1.13. The lowest BCUT2D eigenvalue weighted by atomic mass is 10.1. The Morgan fingerprint density at radius 3 is 2.05 bits per heavy atom. The first-order chi connectivity index (χ1) is 9.29. The lowest BCUT2D eigenvalue weighted by Gasteiger charge is -2.19. The second-order valence-electron chi connectivity index (χ2n) is 4.35. The van der Waals surface area contributed by atoms with E-state index in [2.05, 4.69) is 28.8 Å². The van der Waals surface area contributed by atoms with Crippen LogP contribution in [0.1, 0.15) is 66.7 Å². The average molecular weight is 271 g/mol. The predicted octanol–water partition coefficient (Wildman–Crippen LogP) is 4.24. The summed E-state index contributed by atoms with van der Waals surface area (Å²) in [6.07, 6.45) is 6.78. The molecule has 1 rings (SSSR count). The van der Waals surface area contributed by atoms with Crippen molar-refractivity contribution < 1.29 is 0 Å². The van der Waals surface area contributed by atoms with Crippen LogP contribution in [0.5, 0.6) is 0 Å². The van der Waals surface area contributed by atoms with Gasteiger partial charge in [-0.25, -0.2) is 0 Å². The first kappa shape index (κ1) is 20.6. The van der Waals surface area contributed by atoms with Crippen LogP contribution in [0.15, 0.2) is 4.99 Å². The zero-order valence-electron chi connectivity index (χ0n) is 14.5. The molecule has 3 nitrogen and oxygen atoms in total. The van der Waals surface area contributed by atoms with Gasteiger partial charge in [-0.05, 0) is 6.42 Å². The van der Waals surface area contributed by atoms with Crippen molar-refractivity contribution in [3.8, 4) is 0 Å². The van der Waals surface area contributed by atoms with Crippen LogP contribution in [-0.2, 0) is 0 Å². The third-order valence-corrected chi connectivity index (χ3v) is 3.06. The zero-order valence-corrected chi connectivity index (χ0v) is 14.5. The van der Waals surface area contributed by atoms with Gasteiger partial charge in [0.2, 0.25) is 0 Å². The smallest absolute Gasteiger partial charge is 0.196 e. The first-order valence-electron chi connectivity index (χ1n) is 8.22. The normalized spacial score (nSPS) is 15.8. The zero-order chi connectivity index (χ0) is 15.1. The van der Waals surface area contributed by atoms with Gasteiger partial charge in [0.1, 0.15) is 0 Å². The predicted molar refractivity (Wildman–Crippen MR) is 89.0 cm³/mol. The Balaban J connectivity index is 0.